The number of nitrogens with zero attached hydrogens (tertiary/aromatic N) is 1. The molecule has 1 aliphatic rings. The molecule has 0 aromatic heterocycles. The lowest BCUT2D eigenvalue weighted by molar-refractivity contribution is 0.0532. The predicted octanol–water partition coefficient (Wildman–Crippen LogP) is 4.00. The maximum Gasteiger partial charge on any atom is 0.254 e. The molecule has 1 saturated heterocycles. The Bertz CT molecular complexity index is 635. The first kappa shape index (κ1) is 22.9. The van der Waals surface area contributed by atoms with Crippen LogP contribution in [-0.4, -0.2) is 43.7 Å². The SMILES string of the molecule is COc1cc(C(=O)N2CCC(N)C(C)(C)C2)cc(Cl)c1OCC(C)C.Cl. The maximum absolute atomic E-state index is 12.9. The van der Waals surface area contributed by atoms with Gasteiger partial charge < -0.3 is 20.1 Å². The van der Waals surface area contributed by atoms with E-state index in [2.05, 4.69) is 27.7 Å². The number of methoxy groups -OCH3 is 1. The second-order valence-corrected chi connectivity index (χ2v) is 8.21. The summed E-state index contributed by atoms with van der Waals surface area (Å²) in [6.45, 7) is 10.1. The first-order chi connectivity index (χ1) is 11.7. The van der Waals surface area contributed by atoms with Gasteiger partial charge in [-0.25, -0.2) is 0 Å². The van der Waals surface area contributed by atoms with Crippen molar-refractivity contribution in [3.8, 4) is 11.5 Å². The van der Waals surface area contributed by atoms with E-state index in [1.54, 1.807) is 19.2 Å². The van der Waals surface area contributed by atoms with E-state index in [-0.39, 0.29) is 29.8 Å². The predicted molar refractivity (Wildman–Crippen MR) is 108 cm³/mol. The third-order valence-electron chi connectivity index (χ3n) is 4.64. The van der Waals surface area contributed by atoms with Gasteiger partial charge in [-0.1, -0.05) is 39.3 Å². The summed E-state index contributed by atoms with van der Waals surface area (Å²) in [5.41, 5.74) is 6.56. The van der Waals surface area contributed by atoms with Gasteiger partial charge in [-0.05, 0) is 29.9 Å². The number of piperidine rings is 1. The van der Waals surface area contributed by atoms with Gasteiger partial charge in [0.25, 0.3) is 5.91 Å². The molecule has 2 N–H and O–H groups in total. The summed E-state index contributed by atoms with van der Waals surface area (Å²) in [5, 5.41) is 0.385. The zero-order chi connectivity index (χ0) is 18.8. The first-order valence-corrected chi connectivity index (χ1v) is 9.08. The molecule has 1 atom stereocenters. The van der Waals surface area contributed by atoms with Crippen LogP contribution in [0.2, 0.25) is 5.02 Å². The Morgan fingerprint density at radius 1 is 1.42 bits per heavy atom. The van der Waals surface area contributed by atoms with Gasteiger partial charge in [0.05, 0.1) is 18.7 Å². The quantitative estimate of drug-likeness (QED) is 0.804. The molecule has 1 unspecified atom stereocenters. The molecule has 1 amide bonds. The number of nitrogens with two attached hydrogens (primary N) is 1. The highest BCUT2D eigenvalue weighted by molar-refractivity contribution is 6.32. The second kappa shape index (κ2) is 9.16. The molecular weight excluding hydrogens is 375 g/mol. The number of carbonyl (C=O) groups excluding carboxylic acids is 1. The minimum atomic E-state index is -0.109. The smallest absolute Gasteiger partial charge is 0.254 e. The van der Waals surface area contributed by atoms with Crippen LogP contribution >= 0.6 is 24.0 Å². The van der Waals surface area contributed by atoms with Gasteiger partial charge in [0, 0.05) is 24.7 Å². The van der Waals surface area contributed by atoms with Gasteiger partial charge in [-0.15, -0.1) is 12.4 Å². The molecule has 1 aromatic carbocycles. The molecule has 0 radical (unpaired) electrons. The number of rotatable bonds is 5. The number of benzene rings is 1. The van der Waals surface area contributed by atoms with Crippen LogP contribution < -0.4 is 15.2 Å². The van der Waals surface area contributed by atoms with E-state index in [0.717, 1.165) is 6.42 Å². The molecule has 1 aromatic rings. The highest BCUT2D eigenvalue weighted by atomic mass is 35.5. The lowest BCUT2D eigenvalue weighted by atomic mass is 9.79. The van der Waals surface area contributed by atoms with Crippen LogP contribution in [0.5, 0.6) is 11.5 Å². The molecule has 1 fully saturated rings. The number of likely N-dealkylation sites (tertiary alicyclic amines) is 1. The van der Waals surface area contributed by atoms with E-state index in [4.69, 9.17) is 26.8 Å². The molecule has 0 bridgehead atoms. The largest absolute Gasteiger partial charge is 0.493 e. The van der Waals surface area contributed by atoms with Crippen LogP contribution in [0.1, 0.15) is 44.5 Å². The van der Waals surface area contributed by atoms with Crippen molar-refractivity contribution in [2.24, 2.45) is 17.1 Å². The van der Waals surface area contributed by atoms with Gasteiger partial charge in [-0.2, -0.15) is 0 Å². The van der Waals surface area contributed by atoms with Crippen molar-refractivity contribution >= 4 is 29.9 Å². The van der Waals surface area contributed by atoms with Crippen LogP contribution in [0.25, 0.3) is 0 Å². The summed E-state index contributed by atoms with van der Waals surface area (Å²) in [4.78, 5) is 14.8. The molecule has 1 heterocycles. The molecule has 2 rings (SSSR count). The topological polar surface area (TPSA) is 64.8 Å². The van der Waals surface area contributed by atoms with E-state index < -0.39 is 0 Å². The zero-order valence-electron chi connectivity index (χ0n) is 16.2. The lowest BCUT2D eigenvalue weighted by Crippen LogP contribution is -2.54. The monoisotopic (exact) mass is 404 g/mol. The summed E-state index contributed by atoms with van der Waals surface area (Å²) < 4.78 is 11.1. The molecule has 0 aliphatic carbocycles. The Morgan fingerprint density at radius 2 is 2.08 bits per heavy atom. The van der Waals surface area contributed by atoms with Gasteiger partial charge >= 0.3 is 0 Å². The van der Waals surface area contributed by atoms with Crippen molar-refractivity contribution in [1.29, 1.82) is 0 Å². The van der Waals surface area contributed by atoms with Crippen molar-refractivity contribution in [2.75, 3.05) is 26.8 Å². The van der Waals surface area contributed by atoms with Gasteiger partial charge in [0.15, 0.2) is 11.5 Å². The van der Waals surface area contributed by atoms with Crippen LogP contribution in [0.15, 0.2) is 12.1 Å². The number of hydrogen-bond acceptors (Lipinski definition) is 4. The highest BCUT2D eigenvalue weighted by Crippen LogP contribution is 2.37. The second-order valence-electron chi connectivity index (χ2n) is 7.80. The summed E-state index contributed by atoms with van der Waals surface area (Å²) in [6, 6.07) is 3.45. The Morgan fingerprint density at radius 3 is 2.62 bits per heavy atom. The average molecular weight is 405 g/mol. The minimum absolute atomic E-state index is 0. The molecule has 7 heteroatoms. The van der Waals surface area contributed by atoms with Crippen LogP contribution in [0.4, 0.5) is 0 Å². The minimum Gasteiger partial charge on any atom is -0.493 e. The van der Waals surface area contributed by atoms with Crippen molar-refractivity contribution in [2.45, 2.75) is 40.2 Å². The molecule has 26 heavy (non-hydrogen) atoms. The Kier molecular flexibility index (Phi) is 8.05. The maximum atomic E-state index is 12.9. The van der Waals surface area contributed by atoms with E-state index in [1.165, 1.54) is 0 Å². The summed E-state index contributed by atoms with van der Waals surface area (Å²) in [5.74, 6) is 1.26. The number of amides is 1. The Labute approximate surface area is 167 Å². The van der Waals surface area contributed by atoms with Crippen molar-refractivity contribution in [3.05, 3.63) is 22.7 Å². The van der Waals surface area contributed by atoms with Crippen molar-refractivity contribution in [3.63, 3.8) is 0 Å². The van der Waals surface area contributed by atoms with Gasteiger partial charge in [0.2, 0.25) is 0 Å². The first-order valence-electron chi connectivity index (χ1n) is 8.71. The standard InChI is InChI=1S/C19H29ClN2O3.ClH/c1-12(2)10-25-17-14(20)8-13(9-15(17)24-5)18(23)22-7-6-16(21)19(3,4)11-22;/h8-9,12,16H,6-7,10-11,21H2,1-5H3;1H. The fraction of sp³-hybridized carbons (Fsp3) is 0.632. The number of hydrogen-bond donors (Lipinski definition) is 1. The summed E-state index contributed by atoms with van der Waals surface area (Å²) >= 11 is 6.36. The Hall–Kier alpha value is -1.17. The van der Waals surface area contributed by atoms with E-state index in [9.17, 15) is 4.79 Å². The fourth-order valence-corrected chi connectivity index (χ4v) is 3.23. The van der Waals surface area contributed by atoms with Crippen LogP contribution in [-0.2, 0) is 0 Å². The highest BCUT2D eigenvalue weighted by Gasteiger charge is 2.35. The number of halogens is 2. The van der Waals surface area contributed by atoms with Crippen LogP contribution in [0, 0.1) is 11.3 Å². The third-order valence-corrected chi connectivity index (χ3v) is 4.92. The third kappa shape index (κ3) is 5.18. The summed E-state index contributed by atoms with van der Waals surface area (Å²) in [6.07, 6.45) is 0.791. The van der Waals surface area contributed by atoms with Crippen LogP contribution in [0.3, 0.4) is 0 Å². The number of ether oxygens (including phenoxy) is 2. The zero-order valence-corrected chi connectivity index (χ0v) is 17.7. The van der Waals surface area contributed by atoms with Gasteiger partial charge in [-0.3, -0.25) is 4.79 Å². The van der Waals surface area contributed by atoms with E-state index in [0.29, 0.717) is 47.7 Å². The molecule has 0 saturated carbocycles. The molecule has 1 aliphatic heterocycles. The van der Waals surface area contributed by atoms with E-state index >= 15 is 0 Å². The number of carbonyl (C=O) groups is 1. The summed E-state index contributed by atoms with van der Waals surface area (Å²) in [7, 11) is 1.55. The lowest BCUT2D eigenvalue weighted by Gasteiger charge is -2.42. The normalized spacial score (nSPS) is 19.1. The van der Waals surface area contributed by atoms with E-state index in [1.807, 2.05) is 4.90 Å². The van der Waals surface area contributed by atoms with Gasteiger partial charge in [0.1, 0.15) is 0 Å². The molecular formula is C19H30Cl2N2O3. The average Bonchev–Trinajstić information content (AvgIpc) is 2.54. The van der Waals surface area contributed by atoms with Crippen molar-refractivity contribution < 1.29 is 14.3 Å². The fourth-order valence-electron chi connectivity index (χ4n) is 2.96. The Balaban J connectivity index is 0.00000338. The molecule has 5 nitrogen and oxygen atoms in total. The molecule has 148 valence electrons. The van der Waals surface area contributed by atoms with Crippen molar-refractivity contribution in [1.82, 2.24) is 4.90 Å². The molecule has 0 spiro atoms.